The monoisotopic (exact) mass is 380 g/mol. The molecule has 0 amide bonds. The van der Waals surface area contributed by atoms with E-state index in [0.717, 1.165) is 22.3 Å². The van der Waals surface area contributed by atoms with Gasteiger partial charge in [0.25, 0.3) is 0 Å². The van der Waals surface area contributed by atoms with Crippen molar-refractivity contribution in [2.45, 2.75) is 26.6 Å². The van der Waals surface area contributed by atoms with Gasteiger partial charge in [0.2, 0.25) is 0 Å². The molecule has 0 spiro atoms. The van der Waals surface area contributed by atoms with Crippen LogP contribution in [0.1, 0.15) is 25.0 Å². The molecule has 2 aromatic rings. The lowest BCUT2D eigenvalue weighted by molar-refractivity contribution is 0.219. The molecule has 0 atom stereocenters. The molecule has 0 heterocycles. The van der Waals surface area contributed by atoms with Gasteiger partial charge in [0.1, 0.15) is 0 Å². The average Bonchev–Trinajstić information content (AvgIpc) is 2.61. The van der Waals surface area contributed by atoms with Crippen molar-refractivity contribution in [3.8, 4) is 11.1 Å². The summed E-state index contributed by atoms with van der Waals surface area (Å²) in [6, 6.07) is 15.7. The van der Waals surface area contributed by atoms with Crippen molar-refractivity contribution >= 4 is 16.3 Å². The molecular formula is C18H22O5P2. The van der Waals surface area contributed by atoms with Crippen molar-refractivity contribution in [3.63, 3.8) is 0 Å². The molecule has 0 radical (unpaired) electrons. The molecular weight excluding hydrogens is 358 g/mol. The fourth-order valence-electron chi connectivity index (χ4n) is 2.44. The Morgan fingerprint density at radius 1 is 0.840 bits per heavy atom. The molecule has 25 heavy (non-hydrogen) atoms. The van der Waals surface area contributed by atoms with Crippen molar-refractivity contribution in [2.75, 3.05) is 13.2 Å². The average molecular weight is 380 g/mol. The zero-order chi connectivity index (χ0) is 18.1. The second kappa shape index (κ2) is 9.96. The molecule has 0 aliphatic carbocycles. The lowest BCUT2D eigenvalue weighted by atomic mass is 10.0. The normalized spacial score (nSPS) is 11.8. The van der Waals surface area contributed by atoms with E-state index < -0.39 is 7.60 Å². The Kier molecular flexibility index (Phi) is 7.95. The summed E-state index contributed by atoms with van der Waals surface area (Å²) < 4.78 is 38.4. The minimum atomic E-state index is -3.09. The van der Waals surface area contributed by atoms with Gasteiger partial charge in [-0.15, -0.1) is 0 Å². The van der Waals surface area contributed by atoms with Crippen molar-refractivity contribution in [2.24, 2.45) is 0 Å². The van der Waals surface area contributed by atoms with Crippen molar-refractivity contribution in [1.29, 1.82) is 0 Å². The maximum atomic E-state index is 12.6. The maximum Gasteiger partial charge on any atom is 0.335 e. The van der Waals surface area contributed by atoms with Crippen LogP contribution in [-0.4, -0.2) is 13.2 Å². The first-order valence-corrected chi connectivity index (χ1v) is 10.6. The highest BCUT2D eigenvalue weighted by molar-refractivity contribution is 7.53. The van der Waals surface area contributed by atoms with E-state index in [1.807, 2.05) is 48.5 Å². The highest BCUT2D eigenvalue weighted by atomic mass is 31.2. The second-order valence-corrected chi connectivity index (χ2v) is 7.81. The summed E-state index contributed by atoms with van der Waals surface area (Å²) in [7, 11) is -3.40. The van der Waals surface area contributed by atoms with Gasteiger partial charge in [0.15, 0.2) is 0 Å². The van der Waals surface area contributed by atoms with E-state index in [0.29, 0.717) is 19.8 Å². The predicted molar refractivity (Wildman–Crippen MR) is 98.8 cm³/mol. The Bertz CT molecular complexity index is 703. The van der Waals surface area contributed by atoms with Crippen molar-refractivity contribution < 1.29 is 22.7 Å². The summed E-state index contributed by atoms with van der Waals surface area (Å²) in [6.45, 7) is 4.64. The lowest BCUT2D eigenvalue weighted by Crippen LogP contribution is -1.99. The molecule has 0 aliphatic heterocycles. The van der Waals surface area contributed by atoms with Crippen LogP contribution in [0.3, 0.4) is 0 Å². The minimum Gasteiger partial charge on any atom is -0.309 e. The third-order valence-corrected chi connectivity index (χ3v) is 5.84. The lowest BCUT2D eigenvalue weighted by Gasteiger charge is -2.17. The number of hydrogen-bond acceptors (Lipinski definition) is 5. The van der Waals surface area contributed by atoms with Crippen LogP contribution < -0.4 is 0 Å². The number of benzene rings is 2. The summed E-state index contributed by atoms with van der Waals surface area (Å²) >= 11 is 0. The Hall–Kier alpha value is -1.35. The fraction of sp³-hybridized carbons (Fsp3) is 0.333. The SMILES string of the molecule is CCOP(=O)(Cc1ccc(-c2ccc(COP=O)cc2)cc1)OCC. The Morgan fingerprint density at radius 2 is 1.32 bits per heavy atom. The zero-order valence-electron chi connectivity index (χ0n) is 14.4. The van der Waals surface area contributed by atoms with Crippen molar-refractivity contribution in [3.05, 3.63) is 59.7 Å². The van der Waals surface area contributed by atoms with Crippen LogP contribution in [0, 0.1) is 0 Å². The van der Waals surface area contributed by atoms with Crippen LogP contribution in [0.25, 0.3) is 11.1 Å². The summed E-state index contributed by atoms with van der Waals surface area (Å²) in [4.78, 5) is 0. The molecule has 5 nitrogen and oxygen atoms in total. The van der Waals surface area contributed by atoms with Gasteiger partial charge in [-0.05, 0) is 36.1 Å². The summed E-state index contributed by atoms with van der Waals surface area (Å²) in [6.07, 6.45) is 0.264. The smallest absolute Gasteiger partial charge is 0.309 e. The van der Waals surface area contributed by atoms with Gasteiger partial charge in [-0.2, -0.15) is 0 Å². The van der Waals surface area contributed by atoms with E-state index in [9.17, 15) is 9.13 Å². The molecule has 0 aromatic heterocycles. The minimum absolute atomic E-state index is 0.264. The van der Waals surface area contributed by atoms with E-state index in [1.54, 1.807) is 13.8 Å². The highest BCUT2D eigenvalue weighted by Gasteiger charge is 2.23. The van der Waals surface area contributed by atoms with E-state index in [2.05, 4.69) is 0 Å². The van der Waals surface area contributed by atoms with E-state index >= 15 is 0 Å². The van der Waals surface area contributed by atoms with Crippen molar-refractivity contribution in [1.82, 2.24) is 0 Å². The predicted octanol–water partition coefficient (Wildman–Crippen LogP) is 5.84. The van der Waals surface area contributed by atoms with Crippen LogP contribution in [0.2, 0.25) is 0 Å². The molecule has 0 N–H and O–H groups in total. The van der Waals surface area contributed by atoms with E-state index in [4.69, 9.17) is 13.6 Å². The van der Waals surface area contributed by atoms with Gasteiger partial charge in [0.05, 0.1) is 26.0 Å². The molecule has 2 rings (SSSR count). The Balaban J connectivity index is 2.08. The summed E-state index contributed by atoms with van der Waals surface area (Å²) in [5, 5.41) is 0. The Morgan fingerprint density at radius 3 is 1.76 bits per heavy atom. The molecule has 2 aromatic carbocycles. The third kappa shape index (κ3) is 6.14. The first kappa shape index (κ1) is 20.0. The highest BCUT2D eigenvalue weighted by Crippen LogP contribution is 2.51. The summed E-state index contributed by atoms with van der Waals surface area (Å²) in [5.74, 6) is 0. The third-order valence-electron chi connectivity index (χ3n) is 3.55. The molecule has 7 heteroatoms. The molecule has 0 bridgehead atoms. The van der Waals surface area contributed by atoms with Gasteiger partial charge in [-0.3, -0.25) is 9.09 Å². The first-order chi connectivity index (χ1) is 12.1. The van der Waals surface area contributed by atoms with Gasteiger partial charge < -0.3 is 9.05 Å². The number of hydrogen-bond donors (Lipinski definition) is 0. The van der Waals surface area contributed by atoms with Crippen LogP contribution in [0.15, 0.2) is 48.5 Å². The topological polar surface area (TPSA) is 61.8 Å². The molecule has 0 fully saturated rings. The number of rotatable bonds is 10. The largest absolute Gasteiger partial charge is 0.335 e. The van der Waals surface area contributed by atoms with Crippen LogP contribution in [0.4, 0.5) is 0 Å². The molecule has 0 unspecified atom stereocenters. The van der Waals surface area contributed by atoms with E-state index in [1.165, 1.54) is 0 Å². The van der Waals surface area contributed by atoms with Gasteiger partial charge in [-0.25, -0.2) is 4.57 Å². The summed E-state index contributed by atoms with van der Waals surface area (Å²) in [5.41, 5.74) is 3.99. The van der Waals surface area contributed by atoms with Gasteiger partial charge in [0, 0.05) is 0 Å². The van der Waals surface area contributed by atoms with Gasteiger partial charge in [-0.1, -0.05) is 48.5 Å². The molecule has 134 valence electrons. The van der Waals surface area contributed by atoms with E-state index in [-0.39, 0.29) is 14.8 Å². The maximum absolute atomic E-state index is 12.6. The van der Waals surface area contributed by atoms with Crippen LogP contribution in [-0.2, 0) is 35.5 Å². The van der Waals surface area contributed by atoms with Gasteiger partial charge >= 0.3 is 16.3 Å². The molecule has 0 saturated carbocycles. The standard InChI is InChI=1S/C18H22O5P2/c1-3-22-25(20,23-4-2)14-16-7-11-18(12-8-16)17-9-5-15(6-10-17)13-21-24-19/h5-12H,3-4,13-14H2,1-2H3. The van der Waals surface area contributed by atoms with Crippen LogP contribution in [0.5, 0.6) is 0 Å². The second-order valence-electron chi connectivity index (χ2n) is 5.35. The fourth-order valence-corrected chi connectivity index (χ4v) is 4.35. The quantitative estimate of drug-likeness (QED) is 0.484. The Labute approximate surface area is 150 Å². The molecule has 0 aliphatic rings. The van der Waals surface area contributed by atoms with Crippen LogP contribution >= 0.6 is 16.3 Å². The molecule has 0 saturated heterocycles. The first-order valence-electron chi connectivity index (χ1n) is 8.11. The zero-order valence-corrected chi connectivity index (χ0v) is 16.2.